The van der Waals surface area contributed by atoms with Crippen molar-refractivity contribution < 1.29 is 4.79 Å². The van der Waals surface area contributed by atoms with Crippen LogP contribution >= 0.6 is 11.6 Å². The summed E-state index contributed by atoms with van der Waals surface area (Å²) in [6.07, 6.45) is 5.02. The van der Waals surface area contributed by atoms with Gasteiger partial charge in [-0.15, -0.1) is 0 Å². The smallest absolute Gasteiger partial charge is 0.274 e. The lowest BCUT2D eigenvalue weighted by Crippen LogP contribution is -2.30. The maximum Gasteiger partial charge on any atom is 0.274 e. The second-order valence-corrected chi connectivity index (χ2v) is 6.13. The number of hydrogen-bond acceptors (Lipinski definition) is 4. The summed E-state index contributed by atoms with van der Waals surface area (Å²) in [5.74, 6) is 0.553. The summed E-state index contributed by atoms with van der Waals surface area (Å²) in [5, 5.41) is 3.45. The number of anilines is 2. The minimum atomic E-state index is -0.259. The standard InChI is InChI=1S/C17H19ClN4O/c1-12-5-6-13(9-14(12)18)21-17(23)15-10-16(20-11-19-15)22-7-3-2-4-8-22/h5-6,9-11H,2-4,7-8H2,1H3,(H,21,23). The van der Waals surface area contributed by atoms with Crippen LogP contribution in [0.2, 0.25) is 5.02 Å². The molecule has 1 aromatic heterocycles. The summed E-state index contributed by atoms with van der Waals surface area (Å²) < 4.78 is 0. The largest absolute Gasteiger partial charge is 0.357 e. The van der Waals surface area contributed by atoms with E-state index in [2.05, 4.69) is 20.2 Å². The molecule has 0 unspecified atom stereocenters. The number of carbonyl (C=O) groups is 1. The summed E-state index contributed by atoms with van der Waals surface area (Å²) in [6.45, 7) is 3.88. The Kier molecular flexibility index (Phi) is 4.76. The van der Waals surface area contributed by atoms with Gasteiger partial charge in [0.2, 0.25) is 0 Å². The first-order valence-electron chi connectivity index (χ1n) is 7.78. The lowest BCUT2D eigenvalue weighted by Gasteiger charge is -2.27. The van der Waals surface area contributed by atoms with Crippen molar-refractivity contribution >= 4 is 29.0 Å². The predicted octanol–water partition coefficient (Wildman–Crippen LogP) is 3.68. The fraction of sp³-hybridized carbons (Fsp3) is 0.353. The second-order valence-electron chi connectivity index (χ2n) is 5.73. The minimum Gasteiger partial charge on any atom is -0.357 e. The number of carbonyl (C=O) groups excluding carboxylic acids is 1. The van der Waals surface area contributed by atoms with Crippen LogP contribution in [0.3, 0.4) is 0 Å². The maximum absolute atomic E-state index is 12.4. The SMILES string of the molecule is Cc1ccc(NC(=O)c2cc(N3CCCCC3)ncn2)cc1Cl. The molecular formula is C17H19ClN4O. The van der Waals surface area contributed by atoms with Crippen LogP contribution in [-0.4, -0.2) is 29.0 Å². The van der Waals surface area contributed by atoms with E-state index in [4.69, 9.17) is 11.6 Å². The van der Waals surface area contributed by atoms with Gasteiger partial charge in [0, 0.05) is 29.9 Å². The Labute approximate surface area is 140 Å². The molecule has 0 spiro atoms. The van der Waals surface area contributed by atoms with Crippen LogP contribution in [0, 0.1) is 6.92 Å². The fourth-order valence-electron chi connectivity index (χ4n) is 2.63. The van der Waals surface area contributed by atoms with Crippen molar-refractivity contribution in [3.05, 3.63) is 46.9 Å². The average Bonchev–Trinajstić information content (AvgIpc) is 2.59. The van der Waals surface area contributed by atoms with E-state index >= 15 is 0 Å². The topological polar surface area (TPSA) is 58.1 Å². The van der Waals surface area contributed by atoms with E-state index in [0.717, 1.165) is 37.3 Å². The van der Waals surface area contributed by atoms with E-state index in [-0.39, 0.29) is 5.91 Å². The van der Waals surface area contributed by atoms with Crippen LogP contribution in [0.15, 0.2) is 30.6 Å². The van der Waals surface area contributed by atoms with Crippen molar-refractivity contribution in [2.24, 2.45) is 0 Å². The molecule has 1 aromatic carbocycles. The zero-order valence-electron chi connectivity index (χ0n) is 13.1. The van der Waals surface area contributed by atoms with E-state index < -0.39 is 0 Å². The van der Waals surface area contributed by atoms with Crippen LogP contribution in [-0.2, 0) is 0 Å². The molecule has 6 heteroatoms. The van der Waals surface area contributed by atoms with E-state index in [9.17, 15) is 4.79 Å². The van der Waals surface area contributed by atoms with Crippen LogP contribution in [0.1, 0.15) is 35.3 Å². The van der Waals surface area contributed by atoms with Crippen molar-refractivity contribution in [3.63, 3.8) is 0 Å². The summed E-state index contributed by atoms with van der Waals surface area (Å²) in [6, 6.07) is 7.18. The lowest BCUT2D eigenvalue weighted by atomic mass is 10.1. The number of hydrogen-bond donors (Lipinski definition) is 1. The zero-order chi connectivity index (χ0) is 16.2. The van der Waals surface area contributed by atoms with Gasteiger partial charge in [0.15, 0.2) is 0 Å². The first-order chi connectivity index (χ1) is 11.1. The molecule has 3 rings (SSSR count). The van der Waals surface area contributed by atoms with Crippen LogP contribution in [0.4, 0.5) is 11.5 Å². The Bertz CT molecular complexity index is 713. The normalized spacial score (nSPS) is 14.6. The molecule has 1 fully saturated rings. The number of aryl methyl sites for hydroxylation is 1. The van der Waals surface area contributed by atoms with Gasteiger partial charge in [-0.3, -0.25) is 4.79 Å². The van der Waals surface area contributed by atoms with Gasteiger partial charge in [-0.25, -0.2) is 9.97 Å². The Morgan fingerprint density at radius 1 is 1.17 bits per heavy atom. The van der Waals surface area contributed by atoms with E-state index in [1.807, 2.05) is 19.1 Å². The molecule has 2 aromatic rings. The third-order valence-electron chi connectivity index (χ3n) is 4.00. The summed E-state index contributed by atoms with van der Waals surface area (Å²) in [5.41, 5.74) is 1.99. The van der Waals surface area contributed by atoms with Gasteiger partial charge in [-0.05, 0) is 43.9 Å². The number of nitrogens with one attached hydrogen (secondary N) is 1. The van der Waals surface area contributed by atoms with E-state index in [0.29, 0.717) is 16.4 Å². The van der Waals surface area contributed by atoms with Crippen molar-refractivity contribution in [1.29, 1.82) is 0 Å². The molecule has 0 atom stereocenters. The Morgan fingerprint density at radius 3 is 2.70 bits per heavy atom. The van der Waals surface area contributed by atoms with Gasteiger partial charge in [0.05, 0.1) is 0 Å². The van der Waals surface area contributed by atoms with Crippen molar-refractivity contribution in [2.75, 3.05) is 23.3 Å². The highest BCUT2D eigenvalue weighted by atomic mass is 35.5. The molecule has 5 nitrogen and oxygen atoms in total. The first-order valence-corrected chi connectivity index (χ1v) is 8.16. The molecule has 0 bridgehead atoms. The Balaban J connectivity index is 1.75. The fourth-order valence-corrected chi connectivity index (χ4v) is 2.81. The second kappa shape index (κ2) is 6.96. The molecule has 1 aliphatic heterocycles. The number of aromatic nitrogens is 2. The number of amides is 1. The molecule has 1 aliphatic rings. The van der Waals surface area contributed by atoms with Gasteiger partial charge in [-0.2, -0.15) is 0 Å². The van der Waals surface area contributed by atoms with Gasteiger partial charge >= 0.3 is 0 Å². The number of nitrogens with zero attached hydrogens (tertiary/aromatic N) is 3. The molecule has 0 radical (unpaired) electrons. The van der Waals surface area contributed by atoms with Gasteiger partial charge in [0.25, 0.3) is 5.91 Å². The average molecular weight is 331 g/mol. The number of benzene rings is 1. The third kappa shape index (κ3) is 3.79. The molecular weight excluding hydrogens is 312 g/mol. The summed E-state index contributed by atoms with van der Waals surface area (Å²) in [4.78, 5) is 23.0. The zero-order valence-corrected chi connectivity index (χ0v) is 13.8. The Hall–Kier alpha value is -2.14. The van der Waals surface area contributed by atoms with E-state index in [1.54, 1.807) is 12.1 Å². The highest BCUT2D eigenvalue weighted by molar-refractivity contribution is 6.31. The molecule has 1 saturated heterocycles. The Morgan fingerprint density at radius 2 is 1.96 bits per heavy atom. The summed E-state index contributed by atoms with van der Waals surface area (Å²) in [7, 11) is 0. The summed E-state index contributed by atoms with van der Waals surface area (Å²) >= 11 is 6.09. The number of piperidine rings is 1. The molecule has 0 saturated carbocycles. The van der Waals surface area contributed by atoms with E-state index in [1.165, 1.54) is 12.7 Å². The van der Waals surface area contributed by atoms with Gasteiger partial charge in [0.1, 0.15) is 17.8 Å². The highest BCUT2D eigenvalue weighted by Gasteiger charge is 2.15. The predicted molar refractivity (Wildman–Crippen MR) is 92.2 cm³/mol. The molecule has 1 N–H and O–H groups in total. The molecule has 23 heavy (non-hydrogen) atoms. The van der Waals surface area contributed by atoms with Crippen molar-refractivity contribution in [1.82, 2.24) is 9.97 Å². The van der Waals surface area contributed by atoms with Crippen LogP contribution in [0.25, 0.3) is 0 Å². The van der Waals surface area contributed by atoms with Gasteiger partial charge < -0.3 is 10.2 Å². The number of rotatable bonds is 3. The lowest BCUT2D eigenvalue weighted by molar-refractivity contribution is 0.102. The quantitative estimate of drug-likeness (QED) is 0.932. The van der Waals surface area contributed by atoms with Crippen molar-refractivity contribution in [3.8, 4) is 0 Å². The van der Waals surface area contributed by atoms with Crippen molar-refractivity contribution in [2.45, 2.75) is 26.2 Å². The first kappa shape index (κ1) is 15.7. The molecule has 0 aliphatic carbocycles. The minimum absolute atomic E-state index is 0.259. The molecule has 2 heterocycles. The number of halogens is 1. The molecule has 120 valence electrons. The maximum atomic E-state index is 12.4. The highest BCUT2D eigenvalue weighted by Crippen LogP contribution is 2.21. The van der Waals surface area contributed by atoms with Gasteiger partial charge in [-0.1, -0.05) is 17.7 Å². The van der Waals surface area contributed by atoms with Crippen LogP contribution in [0.5, 0.6) is 0 Å². The molecule has 1 amide bonds. The monoisotopic (exact) mass is 330 g/mol. The third-order valence-corrected chi connectivity index (χ3v) is 4.40. The van der Waals surface area contributed by atoms with Crippen LogP contribution < -0.4 is 10.2 Å².